The maximum atomic E-state index is 12.8. The number of hydrogen-bond acceptors (Lipinski definition) is 12. The Kier molecular flexibility index (Phi) is 12.2. The van der Waals surface area contributed by atoms with E-state index in [-0.39, 0.29) is 35.7 Å². The second-order valence-corrected chi connectivity index (χ2v) is 21.5. The van der Waals surface area contributed by atoms with E-state index in [1.165, 1.54) is 12.5 Å². The summed E-state index contributed by atoms with van der Waals surface area (Å²) in [6.45, 7) is 16.7. The van der Waals surface area contributed by atoms with Crippen molar-refractivity contribution in [1.82, 2.24) is 5.32 Å². The van der Waals surface area contributed by atoms with Crippen LogP contribution in [-0.2, 0) is 42.7 Å². The predicted molar refractivity (Wildman–Crippen MR) is 224 cm³/mol. The van der Waals surface area contributed by atoms with E-state index in [0.717, 1.165) is 37.8 Å². The molecule has 7 saturated heterocycles. The molecule has 0 amide bonds. The summed E-state index contributed by atoms with van der Waals surface area (Å²) < 4.78 is 47.4. The fraction of sp³-hybridized carbons (Fsp3) is 0.833. The molecule has 0 aromatic carbocycles. The van der Waals surface area contributed by atoms with Crippen molar-refractivity contribution >= 4 is 11.9 Å². The van der Waals surface area contributed by atoms with E-state index in [1.54, 1.807) is 6.08 Å². The summed E-state index contributed by atoms with van der Waals surface area (Å²) in [5.41, 5.74) is 0.870. The topological polar surface area (TPSA) is 192 Å². The van der Waals surface area contributed by atoms with Crippen LogP contribution in [0.1, 0.15) is 118 Å². The number of ether oxygens (including phenoxy) is 7. The van der Waals surface area contributed by atoms with Crippen molar-refractivity contribution in [3.8, 4) is 0 Å². The molecule has 8 aliphatic heterocycles. The Hall–Kier alpha value is -2.24. The lowest BCUT2D eigenvalue weighted by Gasteiger charge is -2.53. The van der Waals surface area contributed by atoms with E-state index in [1.807, 2.05) is 19.1 Å². The van der Waals surface area contributed by atoms with Gasteiger partial charge in [-0.1, -0.05) is 65.5 Å². The molecule has 0 radical (unpaired) electrons. The Labute approximate surface area is 366 Å². The molecule has 62 heavy (non-hydrogen) atoms. The zero-order valence-electron chi connectivity index (χ0n) is 37.2. The van der Waals surface area contributed by atoms with Crippen molar-refractivity contribution in [3.05, 3.63) is 36.5 Å². The van der Waals surface area contributed by atoms with Gasteiger partial charge in [-0.05, 0) is 74.3 Å². The number of aliphatic hydroxyl groups excluding tert-OH is 2. The van der Waals surface area contributed by atoms with Gasteiger partial charge in [-0.25, -0.2) is 0 Å². The van der Waals surface area contributed by atoms with E-state index >= 15 is 0 Å². The summed E-state index contributed by atoms with van der Waals surface area (Å²) in [6.07, 6.45) is 9.31. The summed E-state index contributed by atoms with van der Waals surface area (Å²) in [6, 6.07) is 0. The van der Waals surface area contributed by atoms with Crippen LogP contribution in [-0.4, -0.2) is 123 Å². The van der Waals surface area contributed by atoms with Gasteiger partial charge in [0.05, 0.1) is 61.2 Å². The summed E-state index contributed by atoms with van der Waals surface area (Å²) in [4.78, 5) is 23.8. The smallest absolute Gasteiger partial charge is 0.309 e. The molecule has 14 nitrogen and oxygen atoms in total. The second kappa shape index (κ2) is 16.9. The number of carboxylic acids is 2. The Morgan fingerprint density at radius 2 is 1.65 bits per heavy atom. The summed E-state index contributed by atoms with van der Waals surface area (Å²) in [5.74, 6) is -4.02. The largest absolute Gasteiger partial charge is 0.481 e. The van der Waals surface area contributed by atoms with Gasteiger partial charge >= 0.3 is 11.9 Å². The third-order valence-electron chi connectivity index (χ3n) is 16.6. The number of aliphatic carboxylic acids is 2. The van der Waals surface area contributed by atoms with E-state index in [0.29, 0.717) is 68.6 Å². The van der Waals surface area contributed by atoms with Gasteiger partial charge in [-0.15, -0.1) is 0 Å². The normalized spacial score (nSPS) is 50.8. The van der Waals surface area contributed by atoms with E-state index in [9.17, 15) is 24.9 Å². The first-order valence-electron chi connectivity index (χ1n) is 23.7. The monoisotopic (exact) mass is 869 g/mol. The van der Waals surface area contributed by atoms with Crippen LogP contribution in [0.5, 0.6) is 0 Å². The van der Waals surface area contributed by atoms with Gasteiger partial charge in [0.1, 0.15) is 12.2 Å². The highest BCUT2D eigenvalue weighted by molar-refractivity contribution is 5.71. The standard InChI is InChI=1S/C48H71NO13/c1-25-15-35-34-22-45(29(5)14-26(2)24-49-45)23-39(34)60-47(20-25,59-35)21-28(4)42-27(3)16-33(44(54)55)43(57-42)41(53)38-19-37-36(56-38)17-30(6)48(61-37)13-12-46(62-48)11-7-8-32(58-46)10-9-31(50)18-40(51)52/h7-10,25-27,29-39,41-43,49-50,53H,4,11-24H2,1-3,5-6H3,(H,51,52)(H,54,55)/t25-,26+,27-,29-,30+,31-,32+,33+,34-,35+,36+,37+,38?,39+,41+,42-,43?,45+,46-,47+,48+/m0/s1. The molecule has 0 aromatic rings. The average Bonchev–Trinajstić information content (AvgIpc) is 3.89. The maximum absolute atomic E-state index is 12.8. The molecule has 9 aliphatic rings. The van der Waals surface area contributed by atoms with Crippen molar-refractivity contribution in [1.29, 1.82) is 0 Å². The average molecular weight is 870 g/mol. The molecular weight excluding hydrogens is 799 g/mol. The van der Waals surface area contributed by atoms with Crippen molar-refractivity contribution in [2.45, 2.75) is 202 Å². The zero-order chi connectivity index (χ0) is 43.9. The van der Waals surface area contributed by atoms with Crippen LogP contribution in [0.25, 0.3) is 0 Å². The fourth-order valence-electron chi connectivity index (χ4n) is 13.5. The first kappa shape index (κ1) is 44.9. The molecule has 21 atom stereocenters. The summed E-state index contributed by atoms with van der Waals surface area (Å²) in [5, 5.41) is 45.6. The number of piperidine rings is 1. The van der Waals surface area contributed by atoms with Gasteiger partial charge in [0.15, 0.2) is 17.4 Å². The molecule has 8 fully saturated rings. The van der Waals surface area contributed by atoms with Gasteiger partial charge in [-0.3, -0.25) is 9.59 Å². The molecule has 5 N–H and O–H groups in total. The molecule has 14 heteroatoms. The molecular formula is C48H71NO13. The minimum atomic E-state index is -1.23. The Morgan fingerprint density at radius 1 is 0.855 bits per heavy atom. The van der Waals surface area contributed by atoms with Crippen LogP contribution < -0.4 is 5.32 Å². The number of fused-ring (bicyclic) bond motifs is 5. The lowest BCUT2D eigenvalue weighted by molar-refractivity contribution is -0.365. The number of nitrogens with one attached hydrogen (secondary N) is 1. The van der Waals surface area contributed by atoms with Crippen LogP contribution in [0, 0.1) is 41.4 Å². The minimum absolute atomic E-state index is 0.0669. The number of hydrogen-bond donors (Lipinski definition) is 5. The van der Waals surface area contributed by atoms with Gasteiger partial charge in [0.25, 0.3) is 0 Å². The Morgan fingerprint density at radius 3 is 2.40 bits per heavy atom. The molecule has 2 unspecified atom stereocenters. The highest BCUT2D eigenvalue weighted by atomic mass is 16.8. The highest BCUT2D eigenvalue weighted by Gasteiger charge is 2.63. The Bertz CT molecular complexity index is 1770. The third kappa shape index (κ3) is 8.41. The molecule has 0 aromatic heterocycles. The van der Waals surface area contributed by atoms with E-state index in [2.05, 4.69) is 39.6 Å². The van der Waals surface area contributed by atoms with Crippen molar-refractivity contribution < 1.29 is 63.2 Å². The van der Waals surface area contributed by atoms with Gasteiger partial charge in [-0.2, -0.15) is 0 Å². The number of rotatable bonds is 10. The molecule has 1 aliphatic carbocycles. The lowest BCUT2D eigenvalue weighted by Crippen LogP contribution is -2.57. The highest BCUT2D eigenvalue weighted by Crippen LogP contribution is 2.57. The van der Waals surface area contributed by atoms with Gasteiger partial charge in [0.2, 0.25) is 0 Å². The molecule has 346 valence electrons. The first-order valence-corrected chi connectivity index (χ1v) is 23.7. The molecule has 1 saturated carbocycles. The van der Waals surface area contributed by atoms with E-state index in [4.69, 9.17) is 38.3 Å². The van der Waals surface area contributed by atoms with Crippen LogP contribution in [0.15, 0.2) is 36.5 Å². The van der Waals surface area contributed by atoms with Gasteiger partial charge in [0, 0.05) is 55.9 Å². The summed E-state index contributed by atoms with van der Waals surface area (Å²) in [7, 11) is 0. The van der Waals surface area contributed by atoms with Crippen molar-refractivity contribution in [2.24, 2.45) is 41.4 Å². The minimum Gasteiger partial charge on any atom is -0.481 e. The lowest BCUT2D eigenvalue weighted by atomic mass is 9.74. The van der Waals surface area contributed by atoms with Crippen molar-refractivity contribution in [3.63, 3.8) is 0 Å². The zero-order valence-corrected chi connectivity index (χ0v) is 37.2. The Balaban J connectivity index is 0.852. The van der Waals surface area contributed by atoms with Crippen LogP contribution in [0.4, 0.5) is 0 Å². The number of carbonyl (C=O) groups is 2. The molecule has 8 heterocycles. The van der Waals surface area contributed by atoms with Gasteiger partial charge < -0.3 is 58.9 Å². The number of aliphatic hydroxyl groups is 2. The molecule has 9 rings (SSSR count). The fourth-order valence-corrected chi connectivity index (χ4v) is 13.5. The summed E-state index contributed by atoms with van der Waals surface area (Å²) >= 11 is 0. The predicted octanol–water partition coefficient (Wildman–Crippen LogP) is 5.63. The SMILES string of the molecule is C=C(C[C@]12C[C@@H](C)C[C@@H](O1)[C@@H]1C[C@]3(C[C@H]1O2)NC[C@H](C)C[C@@H]3C)[C@H]1OC([C@H](O)C2C[C@H]3O[C@@]4(CC[C@]5(CC=C[C@H](C=C[C@H](O)CC(=O)O)O5)O4)[C@H](C)C[C@H]3O2)[C@H](C(=O)O)C[C@@H]1C. The van der Waals surface area contributed by atoms with Crippen LogP contribution in [0.2, 0.25) is 0 Å². The second-order valence-electron chi connectivity index (χ2n) is 21.5. The quantitative estimate of drug-likeness (QED) is 0.170. The third-order valence-corrected chi connectivity index (χ3v) is 16.6. The molecule has 2 bridgehead atoms. The van der Waals surface area contributed by atoms with Crippen LogP contribution in [0.3, 0.4) is 0 Å². The van der Waals surface area contributed by atoms with E-state index < -0.39 is 84.4 Å². The first-order chi connectivity index (χ1) is 29.4. The number of carboxylic acid groups (broad SMARTS) is 2. The van der Waals surface area contributed by atoms with Crippen molar-refractivity contribution in [2.75, 3.05) is 6.54 Å². The maximum Gasteiger partial charge on any atom is 0.309 e. The van der Waals surface area contributed by atoms with Crippen LogP contribution >= 0.6 is 0 Å². The molecule has 3 spiro atoms.